The van der Waals surface area contributed by atoms with Crippen molar-refractivity contribution in [3.05, 3.63) is 71.1 Å². The van der Waals surface area contributed by atoms with Crippen LogP contribution in [-0.4, -0.2) is 28.7 Å². The number of rotatable bonds is 4. The third-order valence-corrected chi connectivity index (χ3v) is 6.40. The van der Waals surface area contributed by atoms with Crippen LogP contribution in [0, 0.1) is 12.8 Å². The average molecular weight is 337 g/mol. The maximum Gasteiger partial charge on any atom is 0.0382 e. The Morgan fingerprint density at radius 3 is 3.00 bits per heavy atom. The second kappa shape index (κ2) is 6.64. The number of likely N-dealkylation sites (tertiary alicyclic amines) is 1. The molecule has 0 N–H and O–H groups in total. The lowest BCUT2D eigenvalue weighted by Crippen LogP contribution is -2.46. The lowest BCUT2D eigenvalue weighted by atomic mass is 9.87. The highest BCUT2D eigenvalue weighted by Gasteiger charge is 2.29. The molecule has 1 saturated heterocycles. The van der Waals surface area contributed by atoms with E-state index in [-0.39, 0.29) is 0 Å². The van der Waals surface area contributed by atoms with E-state index in [9.17, 15) is 0 Å². The zero-order chi connectivity index (χ0) is 16.5. The van der Waals surface area contributed by atoms with Gasteiger partial charge in [0.1, 0.15) is 0 Å². The Hall–Kier alpha value is -1.74. The van der Waals surface area contributed by atoms with Gasteiger partial charge in [0.05, 0.1) is 0 Å². The topological polar surface area (TPSA) is 16.1 Å². The van der Waals surface area contributed by atoms with Gasteiger partial charge in [-0.05, 0) is 65.8 Å². The highest BCUT2D eigenvalue weighted by molar-refractivity contribution is 7.98. The van der Waals surface area contributed by atoms with Crippen molar-refractivity contribution < 1.29 is 0 Å². The second-order valence-corrected chi connectivity index (χ2v) is 8.06. The van der Waals surface area contributed by atoms with Gasteiger partial charge >= 0.3 is 0 Å². The summed E-state index contributed by atoms with van der Waals surface area (Å²) in [6.07, 6.45) is 6.15. The fourth-order valence-corrected chi connectivity index (χ4v) is 4.94. The summed E-state index contributed by atoms with van der Waals surface area (Å²) >= 11 is 2.08. The lowest BCUT2D eigenvalue weighted by molar-refractivity contribution is 0.174. The van der Waals surface area contributed by atoms with Gasteiger partial charge in [-0.1, -0.05) is 18.7 Å². The summed E-state index contributed by atoms with van der Waals surface area (Å²) < 4.78 is 0. The van der Waals surface area contributed by atoms with Crippen molar-refractivity contribution >= 4 is 17.5 Å². The fraction of sp³-hybridized carbons (Fsp3) is 0.381. The van der Waals surface area contributed by atoms with E-state index < -0.39 is 0 Å². The van der Waals surface area contributed by atoms with Crippen LogP contribution >= 0.6 is 11.8 Å². The molecular weight excluding hydrogens is 312 g/mol. The van der Waals surface area contributed by atoms with Crippen LogP contribution in [0.15, 0.2) is 43.2 Å². The minimum absolute atomic E-state index is 0.742. The number of fused-ring (bicyclic) bond motifs is 1. The predicted molar refractivity (Wildman–Crippen MR) is 103 cm³/mol. The van der Waals surface area contributed by atoms with Crippen LogP contribution in [0.25, 0.3) is 5.70 Å². The van der Waals surface area contributed by atoms with Gasteiger partial charge in [0.15, 0.2) is 0 Å². The smallest absolute Gasteiger partial charge is 0.0382 e. The molecule has 2 aliphatic heterocycles. The van der Waals surface area contributed by atoms with Gasteiger partial charge in [-0.2, -0.15) is 11.8 Å². The van der Waals surface area contributed by atoms with E-state index in [1.165, 1.54) is 24.3 Å². The number of hydrogen-bond donors (Lipinski definition) is 0. The summed E-state index contributed by atoms with van der Waals surface area (Å²) in [5.41, 5.74) is 8.53. The molecule has 2 aromatic rings. The first-order chi connectivity index (χ1) is 11.7. The lowest BCUT2D eigenvalue weighted by Gasteiger charge is -2.42. The summed E-state index contributed by atoms with van der Waals surface area (Å²) in [5, 5.41) is 0. The van der Waals surface area contributed by atoms with Crippen molar-refractivity contribution in [3.8, 4) is 0 Å². The first-order valence-electron chi connectivity index (χ1n) is 8.74. The molecule has 2 aliphatic rings. The van der Waals surface area contributed by atoms with E-state index in [1.54, 1.807) is 22.3 Å². The molecule has 1 fully saturated rings. The SMILES string of the molecule is C=C(c1cccnc1)N1CC(Cc2ccc3c(c2C)CSCC3)C1. The Morgan fingerprint density at radius 2 is 2.21 bits per heavy atom. The van der Waals surface area contributed by atoms with Crippen LogP contribution in [0.1, 0.15) is 27.8 Å². The van der Waals surface area contributed by atoms with Crippen molar-refractivity contribution in [2.24, 2.45) is 5.92 Å². The number of nitrogens with zero attached hydrogens (tertiary/aromatic N) is 2. The average Bonchev–Trinajstić information content (AvgIpc) is 2.60. The largest absolute Gasteiger partial charge is 0.371 e. The van der Waals surface area contributed by atoms with Crippen LogP contribution < -0.4 is 0 Å². The van der Waals surface area contributed by atoms with Crippen LogP contribution in [0.3, 0.4) is 0 Å². The molecule has 0 saturated carbocycles. The monoisotopic (exact) mass is 336 g/mol. The summed E-state index contributed by atoms with van der Waals surface area (Å²) in [6, 6.07) is 8.82. The van der Waals surface area contributed by atoms with Gasteiger partial charge in [0.25, 0.3) is 0 Å². The maximum atomic E-state index is 4.25. The molecule has 0 spiro atoms. The molecule has 4 rings (SSSR count). The molecule has 0 amide bonds. The van der Waals surface area contributed by atoms with Crippen LogP contribution in [0.4, 0.5) is 0 Å². The first-order valence-corrected chi connectivity index (χ1v) is 9.90. The Kier molecular flexibility index (Phi) is 4.36. The molecule has 24 heavy (non-hydrogen) atoms. The highest BCUT2D eigenvalue weighted by atomic mass is 32.2. The maximum absolute atomic E-state index is 4.25. The number of aromatic nitrogens is 1. The summed E-state index contributed by atoms with van der Waals surface area (Å²) in [7, 11) is 0. The first kappa shape index (κ1) is 15.8. The molecule has 124 valence electrons. The van der Waals surface area contributed by atoms with Gasteiger partial charge in [0.2, 0.25) is 0 Å². The van der Waals surface area contributed by atoms with Gasteiger partial charge in [0, 0.05) is 42.5 Å². The van der Waals surface area contributed by atoms with E-state index in [4.69, 9.17) is 0 Å². The molecule has 0 atom stereocenters. The number of benzene rings is 1. The number of hydrogen-bond acceptors (Lipinski definition) is 3. The normalized spacial score (nSPS) is 17.3. The zero-order valence-electron chi connectivity index (χ0n) is 14.3. The van der Waals surface area contributed by atoms with Crippen molar-refractivity contribution in [1.29, 1.82) is 0 Å². The Balaban J connectivity index is 1.39. The van der Waals surface area contributed by atoms with Crippen molar-refractivity contribution in [2.45, 2.75) is 25.5 Å². The molecule has 1 aromatic carbocycles. The van der Waals surface area contributed by atoms with Crippen molar-refractivity contribution in [1.82, 2.24) is 9.88 Å². The quantitative estimate of drug-likeness (QED) is 0.827. The Morgan fingerprint density at radius 1 is 1.33 bits per heavy atom. The van der Waals surface area contributed by atoms with E-state index in [2.05, 4.69) is 53.3 Å². The zero-order valence-corrected chi connectivity index (χ0v) is 15.1. The number of pyridine rings is 1. The van der Waals surface area contributed by atoms with Crippen molar-refractivity contribution in [3.63, 3.8) is 0 Å². The molecule has 2 nitrogen and oxygen atoms in total. The molecule has 0 radical (unpaired) electrons. The number of thioether (sulfide) groups is 1. The van der Waals surface area contributed by atoms with Crippen molar-refractivity contribution in [2.75, 3.05) is 18.8 Å². The third-order valence-electron chi connectivity index (χ3n) is 5.41. The van der Waals surface area contributed by atoms with Crippen LogP contribution in [0.5, 0.6) is 0 Å². The predicted octanol–water partition coefficient (Wildman–Crippen LogP) is 4.32. The van der Waals surface area contributed by atoms with Gasteiger partial charge < -0.3 is 4.90 Å². The molecule has 3 heteroatoms. The van der Waals surface area contributed by atoms with E-state index >= 15 is 0 Å². The number of aryl methyl sites for hydroxylation is 1. The van der Waals surface area contributed by atoms with E-state index in [1.807, 2.05) is 18.5 Å². The minimum atomic E-state index is 0.742. The standard InChI is InChI=1S/C21H24N2S/c1-15-19(6-5-18-7-9-24-14-21(15)18)10-17-12-23(13-17)16(2)20-4-3-8-22-11-20/h3-6,8,11,17H,2,7,9-10,12-14H2,1H3. The van der Waals surface area contributed by atoms with E-state index in [0.717, 1.165) is 30.3 Å². The molecule has 0 bridgehead atoms. The van der Waals surface area contributed by atoms with Gasteiger partial charge in [-0.15, -0.1) is 0 Å². The second-order valence-electron chi connectivity index (χ2n) is 6.95. The molecule has 1 aromatic heterocycles. The molecular formula is C21H24N2S. The molecule has 0 unspecified atom stereocenters. The Labute approximate surface area is 149 Å². The summed E-state index contributed by atoms with van der Waals surface area (Å²) in [5.74, 6) is 3.22. The molecule has 0 aliphatic carbocycles. The highest BCUT2D eigenvalue weighted by Crippen LogP contribution is 2.33. The van der Waals surface area contributed by atoms with Gasteiger partial charge in [-0.3, -0.25) is 4.98 Å². The summed E-state index contributed by atoms with van der Waals surface area (Å²) in [6.45, 7) is 8.79. The fourth-order valence-electron chi connectivity index (χ4n) is 3.82. The minimum Gasteiger partial charge on any atom is -0.371 e. The Bertz CT molecular complexity index is 748. The third kappa shape index (κ3) is 2.98. The van der Waals surface area contributed by atoms with Crippen LogP contribution in [-0.2, 0) is 18.6 Å². The van der Waals surface area contributed by atoms with Gasteiger partial charge in [-0.25, -0.2) is 0 Å². The van der Waals surface area contributed by atoms with Crippen LogP contribution in [0.2, 0.25) is 0 Å². The molecule has 3 heterocycles. The summed E-state index contributed by atoms with van der Waals surface area (Å²) in [4.78, 5) is 6.58. The van der Waals surface area contributed by atoms with E-state index in [0.29, 0.717) is 0 Å².